The summed E-state index contributed by atoms with van der Waals surface area (Å²) in [6.07, 6.45) is 1.92. The fourth-order valence-electron chi connectivity index (χ4n) is 2.45. The van der Waals surface area contributed by atoms with E-state index in [2.05, 4.69) is 24.6 Å². The Labute approximate surface area is 136 Å². The molecule has 1 aromatic heterocycles. The second-order valence-electron chi connectivity index (χ2n) is 6.89. The van der Waals surface area contributed by atoms with Crippen molar-refractivity contribution in [3.63, 3.8) is 0 Å². The maximum absolute atomic E-state index is 8.53. The quantitative estimate of drug-likeness (QED) is 0.724. The Morgan fingerprint density at radius 2 is 1.86 bits per heavy atom. The lowest BCUT2D eigenvalue weighted by molar-refractivity contribution is 0.870. The van der Waals surface area contributed by atoms with E-state index >= 15 is 0 Å². The third-order valence-electron chi connectivity index (χ3n) is 3.77. The van der Waals surface area contributed by atoms with Gasteiger partial charge in [-0.15, -0.1) is 0 Å². The summed E-state index contributed by atoms with van der Waals surface area (Å²) in [5.74, 6) is -0.707. The minimum absolute atomic E-state index is 0.371. The van der Waals surface area contributed by atoms with Gasteiger partial charge in [0.1, 0.15) is 0 Å². The van der Waals surface area contributed by atoms with Crippen LogP contribution in [-0.2, 0) is 0 Å². The highest BCUT2D eigenvalue weighted by Crippen LogP contribution is 2.24. The number of aryl methyl sites for hydroxylation is 2. The molecule has 2 rings (SSSR count). The standard InChI is InChI=1S/C19H27NSi/c1-13(2)17-11-18(20-12-19(17)21(5,6)7)16-9-8-14(3)15(4)10-16/h8-13H,1-7H3/i3D3,13D. The maximum atomic E-state index is 8.53. The molecule has 1 heterocycles. The molecule has 0 aliphatic rings. The number of pyridine rings is 1. The number of hydrogen-bond acceptors (Lipinski definition) is 1. The molecule has 0 atom stereocenters. The molecule has 112 valence electrons. The zero-order valence-corrected chi connectivity index (χ0v) is 14.8. The highest BCUT2D eigenvalue weighted by Gasteiger charge is 2.22. The smallest absolute Gasteiger partial charge is 0.0799 e. The molecule has 0 N–H and O–H groups in total. The van der Waals surface area contributed by atoms with Gasteiger partial charge in [0.2, 0.25) is 0 Å². The van der Waals surface area contributed by atoms with E-state index in [-0.39, 0.29) is 0 Å². The molecule has 0 saturated heterocycles. The predicted molar refractivity (Wildman–Crippen MR) is 96.2 cm³/mol. The second-order valence-corrected chi connectivity index (χ2v) is 11.9. The Morgan fingerprint density at radius 1 is 1.14 bits per heavy atom. The maximum Gasteiger partial charge on any atom is 0.0799 e. The van der Waals surface area contributed by atoms with E-state index in [1.165, 1.54) is 5.19 Å². The lowest BCUT2D eigenvalue weighted by Gasteiger charge is -2.23. The minimum atomic E-state index is -2.11. The van der Waals surface area contributed by atoms with E-state index in [0.29, 0.717) is 5.56 Å². The summed E-state index contributed by atoms with van der Waals surface area (Å²) >= 11 is 0. The molecular weight excluding hydrogens is 270 g/mol. The van der Waals surface area contributed by atoms with Crippen LogP contribution in [-0.4, -0.2) is 13.1 Å². The van der Waals surface area contributed by atoms with E-state index in [4.69, 9.17) is 5.48 Å². The zero-order valence-electron chi connectivity index (χ0n) is 17.8. The van der Waals surface area contributed by atoms with Gasteiger partial charge in [-0.3, -0.25) is 4.98 Å². The zero-order chi connectivity index (χ0) is 19.2. The number of rotatable bonds is 3. The number of hydrogen-bond donors (Lipinski definition) is 0. The molecule has 21 heavy (non-hydrogen) atoms. The Hall–Kier alpha value is -1.41. The first-order valence-electron chi connectivity index (χ1n) is 9.34. The first-order valence-corrected chi connectivity index (χ1v) is 10.8. The van der Waals surface area contributed by atoms with Gasteiger partial charge in [-0.05, 0) is 53.7 Å². The molecule has 0 aliphatic carbocycles. The van der Waals surface area contributed by atoms with Gasteiger partial charge in [-0.2, -0.15) is 0 Å². The average Bonchev–Trinajstić information content (AvgIpc) is 2.43. The fraction of sp³-hybridized carbons (Fsp3) is 0.421. The number of aromatic nitrogens is 1. The normalized spacial score (nSPS) is 15.9. The van der Waals surface area contributed by atoms with Gasteiger partial charge in [-0.25, -0.2) is 0 Å². The van der Waals surface area contributed by atoms with Crippen LogP contribution in [0, 0.1) is 13.8 Å². The summed E-state index contributed by atoms with van der Waals surface area (Å²) < 4.78 is 31.3. The van der Waals surface area contributed by atoms with E-state index in [9.17, 15) is 0 Å². The molecular formula is C19H27NSi. The van der Waals surface area contributed by atoms with Crippen molar-refractivity contribution in [3.8, 4) is 11.3 Å². The van der Waals surface area contributed by atoms with Crippen molar-refractivity contribution in [1.82, 2.24) is 4.98 Å². The van der Waals surface area contributed by atoms with E-state index < -0.39 is 20.8 Å². The molecule has 2 aromatic rings. The Bertz CT molecular complexity index is 783. The summed E-state index contributed by atoms with van der Waals surface area (Å²) in [4.78, 5) is 4.63. The van der Waals surface area contributed by atoms with Gasteiger partial charge in [0.25, 0.3) is 0 Å². The molecule has 0 unspecified atom stereocenters. The molecule has 1 nitrogen and oxygen atoms in total. The number of benzene rings is 1. The van der Waals surface area contributed by atoms with Gasteiger partial charge in [-0.1, -0.05) is 45.6 Å². The van der Waals surface area contributed by atoms with E-state index in [1.807, 2.05) is 45.2 Å². The summed E-state index contributed by atoms with van der Waals surface area (Å²) in [7, 11) is -1.61. The SMILES string of the molecule is [2H]C([2H])([2H])c1ccc(-c2cc(C([2H])(C)C)c([Si](C)(C)C)cn2)cc1C. The van der Waals surface area contributed by atoms with Crippen LogP contribution in [0.3, 0.4) is 0 Å². The van der Waals surface area contributed by atoms with Gasteiger partial charge >= 0.3 is 0 Å². The Morgan fingerprint density at radius 3 is 2.38 bits per heavy atom. The molecule has 0 spiro atoms. The van der Waals surface area contributed by atoms with Crippen LogP contribution >= 0.6 is 0 Å². The summed E-state index contributed by atoms with van der Waals surface area (Å²) in [6.45, 7) is 10.3. The van der Waals surface area contributed by atoms with Gasteiger partial charge in [0, 0.05) is 17.2 Å². The van der Waals surface area contributed by atoms with Crippen molar-refractivity contribution >= 4 is 13.3 Å². The molecule has 0 aliphatic heterocycles. The molecule has 0 saturated carbocycles. The van der Waals surface area contributed by atoms with Gasteiger partial charge < -0.3 is 0 Å². The van der Waals surface area contributed by atoms with Crippen LogP contribution in [0.1, 0.15) is 41.9 Å². The average molecular weight is 302 g/mol. The Kier molecular flexibility index (Phi) is 3.07. The third kappa shape index (κ3) is 3.43. The molecule has 0 fully saturated rings. The minimum Gasteiger partial charge on any atom is -0.256 e. The van der Waals surface area contributed by atoms with Crippen molar-refractivity contribution < 1.29 is 5.48 Å². The van der Waals surface area contributed by atoms with Crippen molar-refractivity contribution in [2.24, 2.45) is 0 Å². The predicted octanol–water partition coefficient (Wildman–Crippen LogP) is 5.03. The summed E-state index contributed by atoms with van der Waals surface area (Å²) in [5, 5.41) is 1.20. The van der Waals surface area contributed by atoms with Crippen molar-refractivity contribution in [3.05, 3.63) is 47.2 Å². The van der Waals surface area contributed by atoms with E-state index in [0.717, 1.165) is 22.4 Å². The molecule has 0 amide bonds. The van der Waals surface area contributed by atoms with Crippen LogP contribution in [0.5, 0.6) is 0 Å². The number of nitrogens with zero attached hydrogens (tertiary/aromatic N) is 1. The monoisotopic (exact) mass is 301 g/mol. The summed E-state index contributed by atoms with van der Waals surface area (Å²) in [5.41, 5.74) is 3.79. The first-order chi connectivity index (χ1) is 11.2. The highest BCUT2D eigenvalue weighted by atomic mass is 28.3. The van der Waals surface area contributed by atoms with Gasteiger partial charge in [0.15, 0.2) is 0 Å². The van der Waals surface area contributed by atoms with Gasteiger partial charge in [0.05, 0.1) is 13.8 Å². The van der Waals surface area contributed by atoms with E-state index in [1.54, 1.807) is 6.07 Å². The third-order valence-corrected chi connectivity index (χ3v) is 5.79. The van der Waals surface area contributed by atoms with Crippen molar-refractivity contribution in [2.75, 3.05) is 0 Å². The van der Waals surface area contributed by atoms with Crippen LogP contribution in [0.25, 0.3) is 11.3 Å². The van der Waals surface area contributed by atoms with Crippen LogP contribution < -0.4 is 5.19 Å². The molecule has 0 radical (unpaired) electrons. The van der Waals surface area contributed by atoms with Crippen molar-refractivity contribution in [2.45, 2.75) is 53.2 Å². The van der Waals surface area contributed by atoms with Crippen LogP contribution in [0.4, 0.5) is 0 Å². The molecule has 2 heteroatoms. The summed E-state index contributed by atoms with van der Waals surface area (Å²) in [6, 6.07) is 7.35. The highest BCUT2D eigenvalue weighted by molar-refractivity contribution is 6.89. The molecule has 1 aromatic carbocycles. The lowest BCUT2D eigenvalue weighted by atomic mass is 9.99. The fourth-order valence-corrected chi connectivity index (χ4v) is 4.03. The Balaban J connectivity index is 2.60. The van der Waals surface area contributed by atoms with Crippen molar-refractivity contribution in [1.29, 1.82) is 0 Å². The largest absolute Gasteiger partial charge is 0.256 e. The lowest BCUT2D eigenvalue weighted by Crippen LogP contribution is -2.40. The second kappa shape index (κ2) is 5.76. The van der Waals surface area contributed by atoms with Crippen LogP contribution in [0.2, 0.25) is 19.6 Å². The molecule has 0 bridgehead atoms. The topological polar surface area (TPSA) is 12.9 Å². The first kappa shape index (κ1) is 11.2. The van der Waals surface area contributed by atoms with Crippen LogP contribution in [0.15, 0.2) is 30.5 Å².